The van der Waals surface area contributed by atoms with Crippen molar-refractivity contribution in [1.82, 2.24) is 14.5 Å². The zero-order chi connectivity index (χ0) is 14.2. The maximum Gasteiger partial charge on any atom is 0.418 e. The Hall–Kier alpha value is -2.58. The monoisotopic (exact) mass is 273 g/mol. The summed E-state index contributed by atoms with van der Waals surface area (Å²) >= 11 is 0. The zero-order valence-electron chi connectivity index (χ0n) is 9.10. The van der Waals surface area contributed by atoms with Gasteiger partial charge >= 0.3 is 12.1 Å². The minimum absolute atomic E-state index is 0.109. The highest BCUT2D eigenvalue weighted by Gasteiger charge is 2.37. The molecule has 0 aliphatic rings. The van der Waals surface area contributed by atoms with Crippen LogP contribution < -0.4 is 5.56 Å². The average Bonchev–Trinajstić information content (AvgIpc) is 2.73. The Balaban J connectivity index is 2.62. The second kappa shape index (κ2) is 4.26. The Morgan fingerprint density at radius 3 is 2.53 bits per heavy atom. The molecule has 0 aliphatic heterocycles. The minimum atomic E-state index is -4.81. The van der Waals surface area contributed by atoms with E-state index in [1.807, 2.05) is 0 Å². The number of carbonyl (C=O) groups is 1. The standard InChI is InChI=1S/C10H6F3N3O3/c11-10(12,13)6-3-16(2-5(6)9(18)19)7-1-8(17)15-4-14-7/h1-4H,(H,18,19)(H,14,15,17). The van der Waals surface area contributed by atoms with E-state index in [4.69, 9.17) is 5.11 Å². The molecule has 0 amide bonds. The van der Waals surface area contributed by atoms with Gasteiger partial charge < -0.3 is 14.7 Å². The van der Waals surface area contributed by atoms with Crippen LogP contribution in [0.4, 0.5) is 13.2 Å². The van der Waals surface area contributed by atoms with Gasteiger partial charge in [-0.3, -0.25) is 4.79 Å². The molecule has 2 rings (SSSR count). The molecular formula is C10H6F3N3O3. The SMILES string of the molecule is O=C(O)c1cn(-c2cc(=O)[nH]cn2)cc1C(F)(F)F. The summed E-state index contributed by atoms with van der Waals surface area (Å²) in [7, 11) is 0. The lowest BCUT2D eigenvalue weighted by Crippen LogP contribution is -2.10. The van der Waals surface area contributed by atoms with Crippen molar-refractivity contribution in [2.45, 2.75) is 6.18 Å². The number of aromatic amines is 1. The second-order valence-electron chi connectivity index (χ2n) is 3.57. The molecular weight excluding hydrogens is 267 g/mol. The lowest BCUT2D eigenvalue weighted by molar-refractivity contribution is -0.138. The maximum atomic E-state index is 12.7. The summed E-state index contributed by atoms with van der Waals surface area (Å²) < 4.78 is 38.8. The largest absolute Gasteiger partial charge is 0.478 e. The van der Waals surface area contributed by atoms with Crippen molar-refractivity contribution in [2.75, 3.05) is 0 Å². The van der Waals surface area contributed by atoms with Gasteiger partial charge in [0.25, 0.3) is 5.56 Å². The predicted octanol–water partition coefficient (Wildman–Crippen LogP) is 1.28. The number of carboxylic acid groups (broad SMARTS) is 1. The van der Waals surface area contributed by atoms with Crippen molar-refractivity contribution < 1.29 is 23.1 Å². The number of rotatable bonds is 2. The number of alkyl halides is 3. The molecule has 0 spiro atoms. The van der Waals surface area contributed by atoms with Crippen LogP contribution in [0.5, 0.6) is 0 Å². The van der Waals surface area contributed by atoms with E-state index < -0.39 is 28.8 Å². The zero-order valence-corrected chi connectivity index (χ0v) is 9.10. The average molecular weight is 273 g/mol. The predicted molar refractivity (Wildman–Crippen MR) is 56.1 cm³/mol. The topological polar surface area (TPSA) is 88.0 Å². The van der Waals surface area contributed by atoms with Crippen molar-refractivity contribution in [3.63, 3.8) is 0 Å². The number of nitrogens with one attached hydrogen (secondary N) is 1. The quantitative estimate of drug-likeness (QED) is 0.862. The van der Waals surface area contributed by atoms with Gasteiger partial charge in [-0.25, -0.2) is 9.78 Å². The van der Waals surface area contributed by atoms with E-state index in [2.05, 4.69) is 9.97 Å². The molecule has 0 aromatic carbocycles. The number of carboxylic acids is 1. The van der Waals surface area contributed by atoms with E-state index in [1.165, 1.54) is 0 Å². The van der Waals surface area contributed by atoms with Crippen LogP contribution >= 0.6 is 0 Å². The highest BCUT2D eigenvalue weighted by atomic mass is 19.4. The van der Waals surface area contributed by atoms with Crippen molar-refractivity contribution in [1.29, 1.82) is 0 Å². The first-order chi connectivity index (χ1) is 8.79. The van der Waals surface area contributed by atoms with Crippen LogP contribution in [-0.4, -0.2) is 25.6 Å². The summed E-state index contributed by atoms with van der Waals surface area (Å²) in [6.45, 7) is 0. The first-order valence-corrected chi connectivity index (χ1v) is 4.86. The van der Waals surface area contributed by atoms with Crippen LogP contribution in [-0.2, 0) is 6.18 Å². The Kier molecular flexibility index (Phi) is 2.89. The van der Waals surface area contributed by atoms with Gasteiger partial charge in [0.05, 0.1) is 17.5 Å². The van der Waals surface area contributed by atoms with Crippen LogP contribution in [0.15, 0.2) is 29.6 Å². The molecule has 0 atom stereocenters. The molecule has 6 nitrogen and oxygen atoms in total. The van der Waals surface area contributed by atoms with Gasteiger partial charge in [-0.15, -0.1) is 0 Å². The van der Waals surface area contributed by atoms with E-state index in [9.17, 15) is 22.8 Å². The fraction of sp³-hybridized carbons (Fsp3) is 0.100. The van der Waals surface area contributed by atoms with Crippen LogP contribution in [0.1, 0.15) is 15.9 Å². The third-order valence-corrected chi connectivity index (χ3v) is 2.29. The molecule has 2 aromatic heterocycles. The minimum Gasteiger partial charge on any atom is -0.478 e. The molecule has 2 aromatic rings. The van der Waals surface area contributed by atoms with Crippen molar-refractivity contribution in [3.8, 4) is 5.82 Å². The summed E-state index contributed by atoms with van der Waals surface area (Å²) in [5.74, 6) is -1.82. The number of hydrogen-bond donors (Lipinski definition) is 2. The summed E-state index contributed by atoms with van der Waals surface area (Å²) in [6, 6.07) is 0.950. The molecule has 19 heavy (non-hydrogen) atoms. The van der Waals surface area contributed by atoms with Crippen LogP contribution in [0, 0.1) is 0 Å². The first-order valence-electron chi connectivity index (χ1n) is 4.86. The molecule has 0 bridgehead atoms. The summed E-state index contributed by atoms with van der Waals surface area (Å²) in [6.07, 6.45) is -2.47. The van der Waals surface area contributed by atoms with Crippen LogP contribution in [0.25, 0.3) is 5.82 Å². The van der Waals surface area contributed by atoms with Crippen molar-refractivity contribution in [2.24, 2.45) is 0 Å². The van der Waals surface area contributed by atoms with Crippen molar-refractivity contribution in [3.05, 3.63) is 46.3 Å². The normalized spacial score (nSPS) is 11.5. The highest BCUT2D eigenvalue weighted by Crippen LogP contribution is 2.33. The molecule has 2 N–H and O–H groups in total. The smallest absolute Gasteiger partial charge is 0.418 e. The molecule has 0 saturated carbocycles. The van der Waals surface area contributed by atoms with E-state index >= 15 is 0 Å². The van der Waals surface area contributed by atoms with E-state index in [-0.39, 0.29) is 5.82 Å². The lowest BCUT2D eigenvalue weighted by atomic mass is 10.2. The number of hydrogen-bond acceptors (Lipinski definition) is 3. The van der Waals surface area contributed by atoms with Gasteiger partial charge in [0.2, 0.25) is 0 Å². The van der Waals surface area contributed by atoms with Crippen LogP contribution in [0.3, 0.4) is 0 Å². The molecule has 0 saturated heterocycles. The fourth-order valence-electron chi connectivity index (χ4n) is 1.48. The first kappa shape index (κ1) is 12.9. The molecule has 9 heteroatoms. The van der Waals surface area contributed by atoms with Gasteiger partial charge in [-0.2, -0.15) is 13.2 Å². The van der Waals surface area contributed by atoms with E-state index in [1.54, 1.807) is 0 Å². The van der Waals surface area contributed by atoms with E-state index in [0.717, 1.165) is 23.2 Å². The molecule has 0 unspecified atom stereocenters. The number of halogens is 3. The van der Waals surface area contributed by atoms with Gasteiger partial charge in [0, 0.05) is 18.5 Å². The third-order valence-electron chi connectivity index (χ3n) is 2.29. The molecule has 100 valence electrons. The van der Waals surface area contributed by atoms with Crippen molar-refractivity contribution >= 4 is 5.97 Å². The Labute approximate surface area is 103 Å². The Morgan fingerprint density at radius 2 is 2.05 bits per heavy atom. The van der Waals surface area contributed by atoms with E-state index in [0.29, 0.717) is 6.20 Å². The molecule has 2 heterocycles. The van der Waals surface area contributed by atoms with Gasteiger partial charge in [0.1, 0.15) is 5.82 Å². The number of H-pyrrole nitrogens is 1. The third kappa shape index (κ3) is 2.49. The van der Waals surface area contributed by atoms with Gasteiger partial charge in [-0.05, 0) is 0 Å². The van der Waals surface area contributed by atoms with Crippen LogP contribution in [0.2, 0.25) is 0 Å². The number of aromatic nitrogens is 3. The Morgan fingerprint density at radius 1 is 1.37 bits per heavy atom. The lowest BCUT2D eigenvalue weighted by Gasteiger charge is -2.04. The number of nitrogens with zero attached hydrogens (tertiary/aromatic N) is 2. The van der Waals surface area contributed by atoms with Gasteiger partial charge in [0.15, 0.2) is 0 Å². The highest BCUT2D eigenvalue weighted by molar-refractivity contribution is 5.89. The summed E-state index contributed by atoms with van der Waals surface area (Å²) in [4.78, 5) is 27.7. The fourth-order valence-corrected chi connectivity index (χ4v) is 1.48. The molecule has 0 aliphatic carbocycles. The number of aromatic carboxylic acids is 1. The molecule has 0 fully saturated rings. The second-order valence-corrected chi connectivity index (χ2v) is 3.57. The Bertz CT molecular complexity index is 687. The summed E-state index contributed by atoms with van der Waals surface area (Å²) in [5, 5.41) is 8.74. The van der Waals surface area contributed by atoms with Gasteiger partial charge in [-0.1, -0.05) is 0 Å². The summed E-state index contributed by atoms with van der Waals surface area (Å²) in [5.41, 5.74) is -2.78. The maximum absolute atomic E-state index is 12.7. The molecule has 0 radical (unpaired) electrons.